The summed E-state index contributed by atoms with van der Waals surface area (Å²) >= 11 is 3.26. The van der Waals surface area contributed by atoms with Crippen LogP contribution in [0.4, 0.5) is 13.2 Å². The summed E-state index contributed by atoms with van der Waals surface area (Å²) in [5.74, 6) is 0.311. The second kappa shape index (κ2) is 7.32. The SMILES string of the molecule is C=C(/N=C/c1cc(Br)ccc1OCC(F)(F)F)O[Si](C)(C)C. The van der Waals surface area contributed by atoms with E-state index in [0.29, 0.717) is 10.0 Å². The maximum absolute atomic E-state index is 12.3. The van der Waals surface area contributed by atoms with Crippen molar-refractivity contribution >= 4 is 30.5 Å². The Labute approximate surface area is 137 Å². The van der Waals surface area contributed by atoms with Crippen LogP contribution in [0, 0.1) is 0 Å². The highest BCUT2D eigenvalue weighted by Gasteiger charge is 2.28. The van der Waals surface area contributed by atoms with E-state index in [1.165, 1.54) is 12.3 Å². The van der Waals surface area contributed by atoms with Crippen molar-refractivity contribution in [3.63, 3.8) is 0 Å². The first-order valence-electron chi connectivity index (χ1n) is 6.37. The standard InChI is InChI=1S/C14H17BrF3NO2Si/c1-10(21-22(2,3)4)19-8-11-7-12(15)5-6-13(11)20-9-14(16,17)18/h5-8H,1,9H2,2-4H3/b19-8+. The lowest BCUT2D eigenvalue weighted by molar-refractivity contribution is -0.153. The number of hydrogen-bond donors (Lipinski definition) is 0. The quantitative estimate of drug-likeness (QED) is 0.379. The van der Waals surface area contributed by atoms with E-state index in [4.69, 9.17) is 9.16 Å². The topological polar surface area (TPSA) is 30.8 Å². The monoisotopic (exact) mass is 395 g/mol. The highest BCUT2D eigenvalue weighted by atomic mass is 79.9. The van der Waals surface area contributed by atoms with Crippen molar-refractivity contribution < 1.29 is 22.3 Å². The van der Waals surface area contributed by atoms with E-state index in [9.17, 15) is 13.2 Å². The van der Waals surface area contributed by atoms with Crippen LogP contribution in [0.15, 0.2) is 40.1 Å². The van der Waals surface area contributed by atoms with Gasteiger partial charge >= 0.3 is 6.18 Å². The molecule has 0 aromatic heterocycles. The van der Waals surface area contributed by atoms with Crippen LogP contribution < -0.4 is 4.74 Å². The molecule has 0 fully saturated rings. The molecule has 0 saturated carbocycles. The molecular weight excluding hydrogens is 379 g/mol. The Morgan fingerprint density at radius 2 is 2.00 bits per heavy atom. The maximum Gasteiger partial charge on any atom is 0.422 e. The number of aliphatic imine (C=N–C) groups is 1. The van der Waals surface area contributed by atoms with Crippen molar-refractivity contribution in [1.29, 1.82) is 0 Å². The molecule has 0 unspecified atom stereocenters. The fourth-order valence-corrected chi connectivity index (χ4v) is 2.57. The minimum absolute atomic E-state index is 0.0880. The molecule has 0 saturated heterocycles. The molecule has 0 aliphatic heterocycles. The van der Waals surface area contributed by atoms with E-state index < -0.39 is 21.1 Å². The molecule has 0 N–H and O–H groups in total. The van der Waals surface area contributed by atoms with Gasteiger partial charge in [0.1, 0.15) is 5.75 Å². The van der Waals surface area contributed by atoms with Crippen molar-refractivity contribution in [3.8, 4) is 5.75 Å². The van der Waals surface area contributed by atoms with Gasteiger partial charge in [-0.25, -0.2) is 4.99 Å². The molecule has 3 nitrogen and oxygen atoms in total. The van der Waals surface area contributed by atoms with E-state index in [1.807, 2.05) is 19.6 Å². The first kappa shape index (κ1) is 18.8. The van der Waals surface area contributed by atoms with Crippen molar-refractivity contribution in [1.82, 2.24) is 0 Å². The summed E-state index contributed by atoms with van der Waals surface area (Å²) in [7, 11) is -1.83. The minimum atomic E-state index is -4.40. The van der Waals surface area contributed by atoms with E-state index in [2.05, 4.69) is 27.5 Å². The molecule has 0 aliphatic carbocycles. The van der Waals surface area contributed by atoms with Crippen LogP contribution in [0.1, 0.15) is 5.56 Å². The number of benzene rings is 1. The molecule has 8 heteroatoms. The Balaban J connectivity index is 2.88. The summed E-state index contributed by atoms with van der Waals surface area (Å²) < 4.78 is 47.8. The Morgan fingerprint density at radius 1 is 1.36 bits per heavy atom. The second-order valence-corrected chi connectivity index (χ2v) is 10.8. The largest absolute Gasteiger partial charge is 0.532 e. The summed E-state index contributed by atoms with van der Waals surface area (Å²) in [5.41, 5.74) is 0.402. The number of alkyl halides is 3. The lowest BCUT2D eigenvalue weighted by Crippen LogP contribution is -2.24. The predicted molar refractivity (Wildman–Crippen MR) is 86.9 cm³/mol. The summed E-state index contributed by atoms with van der Waals surface area (Å²) in [5, 5.41) is 0. The van der Waals surface area contributed by atoms with Crippen molar-refractivity contribution in [2.24, 2.45) is 4.99 Å². The summed E-state index contributed by atoms with van der Waals surface area (Å²) in [4.78, 5) is 4.04. The summed E-state index contributed by atoms with van der Waals surface area (Å²) in [6, 6.07) is 4.65. The molecule has 0 amide bonds. The smallest absolute Gasteiger partial charge is 0.422 e. The molecule has 1 aromatic carbocycles. The van der Waals surface area contributed by atoms with Gasteiger partial charge in [0.25, 0.3) is 0 Å². The zero-order chi connectivity index (χ0) is 17.0. The lowest BCUT2D eigenvalue weighted by Gasteiger charge is -2.18. The molecule has 1 aromatic rings. The molecule has 22 heavy (non-hydrogen) atoms. The normalized spacial score (nSPS) is 12.5. The van der Waals surface area contributed by atoms with Gasteiger partial charge in [0.15, 0.2) is 12.5 Å². The van der Waals surface area contributed by atoms with Gasteiger partial charge < -0.3 is 9.16 Å². The Kier molecular flexibility index (Phi) is 6.24. The van der Waals surface area contributed by atoms with Crippen LogP contribution in [-0.4, -0.2) is 27.3 Å². The van der Waals surface area contributed by atoms with Crippen LogP contribution in [0.25, 0.3) is 0 Å². The number of ether oxygens (including phenoxy) is 1. The summed E-state index contributed by atoms with van der Waals surface area (Å²) in [6.07, 6.45) is -3.02. The Hall–Kier alpha value is -1.28. The fraction of sp³-hybridized carbons (Fsp3) is 0.357. The van der Waals surface area contributed by atoms with Crippen LogP contribution >= 0.6 is 15.9 Å². The molecule has 0 spiro atoms. The van der Waals surface area contributed by atoms with Gasteiger partial charge in [-0.1, -0.05) is 15.9 Å². The van der Waals surface area contributed by atoms with Crippen molar-refractivity contribution in [3.05, 3.63) is 40.7 Å². The van der Waals surface area contributed by atoms with Crippen molar-refractivity contribution in [2.75, 3.05) is 6.61 Å². The first-order chi connectivity index (χ1) is 9.96. The zero-order valence-corrected chi connectivity index (χ0v) is 15.1. The van der Waals surface area contributed by atoms with E-state index in [0.717, 1.165) is 0 Å². The average molecular weight is 396 g/mol. The molecule has 1 rings (SSSR count). The van der Waals surface area contributed by atoms with Gasteiger partial charge in [-0.15, -0.1) is 0 Å². The Morgan fingerprint density at radius 3 is 2.55 bits per heavy atom. The van der Waals surface area contributed by atoms with Gasteiger partial charge in [0.2, 0.25) is 8.32 Å². The van der Waals surface area contributed by atoms with Gasteiger partial charge in [-0.3, -0.25) is 0 Å². The van der Waals surface area contributed by atoms with Crippen LogP contribution in [0.2, 0.25) is 19.6 Å². The third-order valence-corrected chi connectivity index (χ3v) is 3.48. The number of nitrogens with zero attached hydrogens (tertiary/aromatic N) is 1. The third-order valence-electron chi connectivity index (χ3n) is 2.13. The molecule has 122 valence electrons. The first-order valence-corrected chi connectivity index (χ1v) is 10.6. The molecule has 0 aliphatic rings. The summed E-state index contributed by atoms with van der Waals surface area (Å²) in [6.45, 7) is 8.25. The molecular formula is C14H17BrF3NO2Si. The van der Waals surface area contributed by atoms with Gasteiger partial charge in [0, 0.05) is 16.3 Å². The number of rotatable bonds is 6. The molecule has 0 heterocycles. The number of hydrogen-bond acceptors (Lipinski definition) is 3. The van der Waals surface area contributed by atoms with Gasteiger partial charge in [-0.05, 0) is 44.4 Å². The highest BCUT2D eigenvalue weighted by molar-refractivity contribution is 9.10. The fourth-order valence-electron chi connectivity index (χ4n) is 1.43. The van der Waals surface area contributed by atoms with E-state index in [1.54, 1.807) is 12.1 Å². The number of halogens is 4. The van der Waals surface area contributed by atoms with Crippen LogP contribution in [-0.2, 0) is 4.43 Å². The zero-order valence-electron chi connectivity index (χ0n) is 12.5. The van der Waals surface area contributed by atoms with Gasteiger partial charge in [0.05, 0.1) is 0 Å². The third kappa shape index (κ3) is 7.65. The average Bonchev–Trinajstić information content (AvgIpc) is 2.32. The van der Waals surface area contributed by atoms with Crippen LogP contribution in [0.3, 0.4) is 0 Å². The highest BCUT2D eigenvalue weighted by Crippen LogP contribution is 2.25. The molecule has 0 atom stereocenters. The van der Waals surface area contributed by atoms with Gasteiger partial charge in [-0.2, -0.15) is 13.2 Å². The maximum atomic E-state index is 12.3. The van der Waals surface area contributed by atoms with Crippen LogP contribution in [0.5, 0.6) is 5.75 Å². The van der Waals surface area contributed by atoms with E-state index in [-0.39, 0.29) is 11.6 Å². The molecule has 0 radical (unpaired) electrons. The minimum Gasteiger partial charge on any atom is -0.532 e. The Bertz CT molecular complexity index is 568. The lowest BCUT2D eigenvalue weighted by atomic mass is 10.2. The second-order valence-electron chi connectivity index (χ2n) is 5.45. The van der Waals surface area contributed by atoms with Crippen molar-refractivity contribution in [2.45, 2.75) is 25.8 Å². The van der Waals surface area contributed by atoms with E-state index >= 15 is 0 Å². The molecule has 0 bridgehead atoms. The predicted octanol–water partition coefficient (Wildman–Crippen LogP) is 5.13.